The molecule has 2 aliphatic heterocycles. The third-order valence-electron chi connectivity index (χ3n) is 8.86. The number of unbranched alkanes of at least 4 members (excludes halogenated alkanes) is 14. The molecular formula is C35H64O4. The molecule has 0 bridgehead atoms. The highest BCUT2D eigenvalue weighted by atomic mass is 16.5. The number of cyclic esters (lactones) is 2. The van der Waals surface area contributed by atoms with Crippen LogP contribution in [0.4, 0.5) is 0 Å². The van der Waals surface area contributed by atoms with E-state index >= 15 is 0 Å². The molecule has 2 aliphatic rings. The molecule has 0 aromatic heterocycles. The normalized spacial score (nSPS) is 23.8. The average Bonchev–Trinajstić information content (AvgIpc) is 2.84. The lowest BCUT2D eigenvalue weighted by Gasteiger charge is -2.29. The zero-order valence-electron chi connectivity index (χ0n) is 26.4. The van der Waals surface area contributed by atoms with Gasteiger partial charge in [0.2, 0.25) is 0 Å². The summed E-state index contributed by atoms with van der Waals surface area (Å²) in [5, 5.41) is 0. The maximum absolute atomic E-state index is 11.9. The lowest BCUT2D eigenvalue weighted by Crippen LogP contribution is -2.30. The lowest BCUT2D eigenvalue weighted by molar-refractivity contribution is -0.158. The van der Waals surface area contributed by atoms with Crippen LogP contribution in [0.25, 0.3) is 0 Å². The van der Waals surface area contributed by atoms with Crippen molar-refractivity contribution in [2.75, 3.05) is 0 Å². The maximum atomic E-state index is 11.9. The van der Waals surface area contributed by atoms with Crippen LogP contribution in [-0.2, 0) is 19.1 Å². The molecule has 2 fully saturated rings. The number of carbonyl (C=O) groups is 2. The SMILES string of the molecule is CC(C)CC1CC(=O)OC(CCCCCCCCCCCCCCCCCC2CC(CC(C)C)CC(=O)O2)C1. The number of hydrogen-bond acceptors (Lipinski definition) is 4. The fourth-order valence-electron chi connectivity index (χ4n) is 7.03. The summed E-state index contributed by atoms with van der Waals surface area (Å²) in [4.78, 5) is 23.8. The molecule has 0 radical (unpaired) electrons. The first-order valence-corrected chi connectivity index (χ1v) is 17.2. The van der Waals surface area contributed by atoms with Crippen LogP contribution in [0.1, 0.15) is 175 Å². The summed E-state index contributed by atoms with van der Waals surface area (Å²) in [5.41, 5.74) is 0. The Hall–Kier alpha value is -1.06. The quantitative estimate of drug-likeness (QED) is 0.0997. The van der Waals surface area contributed by atoms with E-state index in [9.17, 15) is 9.59 Å². The summed E-state index contributed by atoms with van der Waals surface area (Å²) < 4.78 is 11.2. The van der Waals surface area contributed by atoms with Gasteiger partial charge in [-0.3, -0.25) is 9.59 Å². The number of rotatable bonds is 22. The molecule has 4 heteroatoms. The highest BCUT2D eigenvalue weighted by Gasteiger charge is 2.29. The van der Waals surface area contributed by atoms with E-state index in [4.69, 9.17) is 9.47 Å². The van der Waals surface area contributed by atoms with Gasteiger partial charge in [0.25, 0.3) is 0 Å². The third-order valence-corrected chi connectivity index (χ3v) is 8.86. The Kier molecular flexibility index (Phi) is 18.2. The van der Waals surface area contributed by atoms with Crippen LogP contribution >= 0.6 is 0 Å². The van der Waals surface area contributed by atoms with E-state index in [1.54, 1.807) is 0 Å². The predicted octanol–water partition coefficient (Wildman–Crippen LogP) is 10.4. The summed E-state index contributed by atoms with van der Waals surface area (Å²) >= 11 is 0. The molecule has 0 aromatic rings. The summed E-state index contributed by atoms with van der Waals surface area (Å²) in [6.07, 6.45) is 28.3. The van der Waals surface area contributed by atoms with E-state index in [0.29, 0.717) is 36.5 Å². The van der Waals surface area contributed by atoms with Crippen molar-refractivity contribution in [3.05, 3.63) is 0 Å². The van der Waals surface area contributed by atoms with Gasteiger partial charge < -0.3 is 9.47 Å². The van der Waals surface area contributed by atoms with Gasteiger partial charge in [-0.2, -0.15) is 0 Å². The summed E-state index contributed by atoms with van der Waals surface area (Å²) in [5.74, 6) is 2.49. The Morgan fingerprint density at radius 2 is 0.795 bits per heavy atom. The molecule has 0 amide bonds. The molecule has 0 aliphatic carbocycles. The van der Waals surface area contributed by atoms with E-state index < -0.39 is 0 Å². The zero-order chi connectivity index (χ0) is 28.3. The summed E-state index contributed by atoms with van der Waals surface area (Å²) in [7, 11) is 0. The number of carbonyl (C=O) groups excluding carboxylic acids is 2. The van der Waals surface area contributed by atoms with Gasteiger partial charge >= 0.3 is 11.9 Å². The average molecular weight is 549 g/mol. The summed E-state index contributed by atoms with van der Waals surface area (Å²) in [6.45, 7) is 9.00. The van der Waals surface area contributed by atoms with Gasteiger partial charge in [0, 0.05) is 12.8 Å². The first kappa shape index (κ1) is 34.1. The molecular weight excluding hydrogens is 484 g/mol. The molecule has 0 N–H and O–H groups in total. The van der Waals surface area contributed by atoms with Gasteiger partial charge in [0.05, 0.1) is 0 Å². The summed E-state index contributed by atoms with van der Waals surface area (Å²) in [6, 6.07) is 0. The van der Waals surface area contributed by atoms with Crippen LogP contribution in [0.15, 0.2) is 0 Å². The molecule has 4 atom stereocenters. The minimum atomic E-state index is 0.0344. The molecule has 4 unspecified atom stereocenters. The highest BCUT2D eigenvalue weighted by Crippen LogP contribution is 2.30. The van der Waals surface area contributed by atoms with Crippen LogP contribution in [0.3, 0.4) is 0 Å². The van der Waals surface area contributed by atoms with Crippen LogP contribution in [-0.4, -0.2) is 24.1 Å². The van der Waals surface area contributed by atoms with Crippen LogP contribution in [0, 0.1) is 23.7 Å². The minimum absolute atomic E-state index is 0.0344. The lowest BCUT2D eigenvalue weighted by atomic mass is 9.86. The number of hydrogen-bond donors (Lipinski definition) is 0. The van der Waals surface area contributed by atoms with Gasteiger partial charge in [-0.05, 0) is 75.0 Å². The van der Waals surface area contributed by atoms with Crippen LogP contribution in [0.2, 0.25) is 0 Å². The van der Waals surface area contributed by atoms with Gasteiger partial charge in [-0.25, -0.2) is 0 Å². The largest absolute Gasteiger partial charge is 0.462 e. The van der Waals surface area contributed by atoms with Crippen molar-refractivity contribution in [2.45, 2.75) is 188 Å². The Morgan fingerprint density at radius 1 is 0.513 bits per heavy atom. The first-order valence-electron chi connectivity index (χ1n) is 17.2. The molecule has 0 saturated carbocycles. The van der Waals surface area contributed by atoms with E-state index in [1.807, 2.05) is 0 Å². The monoisotopic (exact) mass is 548 g/mol. The fraction of sp³-hybridized carbons (Fsp3) is 0.943. The first-order chi connectivity index (χ1) is 18.8. The van der Waals surface area contributed by atoms with Gasteiger partial charge in [-0.1, -0.05) is 111 Å². The second-order valence-electron chi connectivity index (χ2n) is 14.0. The van der Waals surface area contributed by atoms with Crippen molar-refractivity contribution < 1.29 is 19.1 Å². The molecule has 39 heavy (non-hydrogen) atoms. The molecule has 4 nitrogen and oxygen atoms in total. The second kappa shape index (κ2) is 20.8. The van der Waals surface area contributed by atoms with E-state index in [0.717, 1.165) is 38.5 Å². The molecule has 0 spiro atoms. The molecule has 2 saturated heterocycles. The smallest absolute Gasteiger partial charge is 0.306 e. The second-order valence-corrected chi connectivity index (χ2v) is 14.0. The Balaban J connectivity index is 1.30. The van der Waals surface area contributed by atoms with Crippen molar-refractivity contribution in [2.24, 2.45) is 23.7 Å². The van der Waals surface area contributed by atoms with Crippen molar-refractivity contribution >= 4 is 11.9 Å². The van der Waals surface area contributed by atoms with E-state index in [2.05, 4.69) is 27.7 Å². The minimum Gasteiger partial charge on any atom is -0.462 e. The van der Waals surface area contributed by atoms with Crippen molar-refractivity contribution in [1.29, 1.82) is 0 Å². The van der Waals surface area contributed by atoms with Crippen LogP contribution < -0.4 is 0 Å². The topological polar surface area (TPSA) is 52.6 Å². The third kappa shape index (κ3) is 17.4. The Morgan fingerprint density at radius 3 is 1.08 bits per heavy atom. The zero-order valence-corrected chi connectivity index (χ0v) is 26.4. The Labute approximate surface area is 242 Å². The molecule has 2 rings (SSSR count). The van der Waals surface area contributed by atoms with Crippen molar-refractivity contribution in [3.8, 4) is 0 Å². The molecule has 228 valence electrons. The van der Waals surface area contributed by atoms with Crippen molar-refractivity contribution in [1.82, 2.24) is 0 Å². The fourth-order valence-corrected chi connectivity index (χ4v) is 7.03. The van der Waals surface area contributed by atoms with E-state index in [-0.39, 0.29) is 24.1 Å². The molecule has 0 aromatic carbocycles. The predicted molar refractivity (Wildman–Crippen MR) is 163 cm³/mol. The van der Waals surface area contributed by atoms with Gasteiger partial charge in [-0.15, -0.1) is 0 Å². The number of ether oxygens (including phenoxy) is 2. The number of esters is 2. The van der Waals surface area contributed by atoms with Crippen molar-refractivity contribution in [3.63, 3.8) is 0 Å². The van der Waals surface area contributed by atoms with Gasteiger partial charge in [0.1, 0.15) is 12.2 Å². The Bertz CT molecular complexity index is 589. The van der Waals surface area contributed by atoms with Gasteiger partial charge in [0.15, 0.2) is 0 Å². The van der Waals surface area contributed by atoms with E-state index in [1.165, 1.54) is 96.3 Å². The molecule has 2 heterocycles. The highest BCUT2D eigenvalue weighted by molar-refractivity contribution is 5.71. The van der Waals surface area contributed by atoms with Crippen LogP contribution in [0.5, 0.6) is 0 Å². The standard InChI is InChI=1S/C35H64O4/c1-28(2)22-30-24-32(38-34(36)26-30)20-18-16-14-12-10-8-6-5-7-9-11-13-15-17-19-21-33-25-31(23-29(3)4)27-35(37)39-33/h28-33H,5-27H2,1-4H3. The maximum Gasteiger partial charge on any atom is 0.306 e.